The lowest BCUT2D eigenvalue weighted by Gasteiger charge is -2.38. The van der Waals surface area contributed by atoms with Crippen LogP contribution < -0.4 is 15.6 Å². The van der Waals surface area contributed by atoms with Crippen molar-refractivity contribution in [3.63, 3.8) is 0 Å². The number of amides is 1. The number of ether oxygens (including phenoxy) is 3. The predicted octanol–water partition coefficient (Wildman–Crippen LogP) is 6.65. The zero-order valence-corrected chi connectivity index (χ0v) is 31.6. The standard InChI is InChI=1S/C29H36Cl2N6O4.C2H6O.2C2H6/c1-5-24(38)36-17-20(18-36)41-14-13-37-27-19(16-33-29(34-27)32-11-8-12-35(6-2)7-3)15-21(28(37)39)25-22(30)9-10-23(40-4)26(25)31;1-3-2;2*1-2/h5,9-10,15-16,20H,1,6-8,11-14,17-18H2,2-4H3,(H,32,33,34);1-2H3;2*1-2H3. The normalized spacial score (nSPS) is 12.1. The number of anilines is 1. The van der Waals surface area contributed by atoms with E-state index in [9.17, 15) is 9.59 Å². The first-order valence-electron chi connectivity index (χ1n) is 16.5. The van der Waals surface area contributed by atoms with E-state index < -0.39 is 0 Å². The van der Waals surface area contributed by atoms with Crippen LogP contribution in [-0.2, 0) is 20.8 Å². The van der Waals surface area contributed by atoms with Gasteiger partial charge in [0.15, 0.2) is 0 Å². The van der Waals surface area contributed by atoms with Crippen molar-refractivity contribution >= 4 is 46.1 Å². The lowest BCUT2D eigenvalue weighted by molar-refractivity contribution is -0.139. The lowest BCUT2D eigenvalue weighted by atomic mass is 10.1. The maximum absolute atomic E-state index is 13.9. The number of carbonyl (C=O) groups excluding carboxylic acids is 1. The SMILES string of the molecule is C=CC(=O)N1CC(OCCn2c(=O)c(-c3c(Cl)ccc(OC)c3Cl)cc3cnc(NCCCN(CC)CC)nc32)C1.CC.CC.COC. The summed E-state index contributed by atoms with van der Waals surface area (Å²) in [5.41, 5.74) is 0.837. The fourth-order valence-electron chi connectivity index (χ4n) is 4.77. The highest BCUT2D eigenvalue weighted by molar-refractivity contribution is 6.40. The molecule has 1 aliphatic heterocycles. The van der Waals surface area contributed by atoms with Gasteiger partial charge in [-0.05, 0) is 50.3 Å². The van der Waals surface area contributed by atoms with Gasteiger partial charge in [-0.25, -0.2) is 4.98 Å². The fraction of sp³-hybridized carbons (Fsp3) is 0.543. The zero-order valence-electron chi connectivity index (χ0n) is 30.1. The highest BCUT2D eigenvalue weighted by Crippen LogP contribution is 2.39. The quantitative estimate of drug-likeness (QED) is 0.145. The van der Waals surface area contributed by atoms with E-state index in [1.54, 1.807) is 48.1 Å². The van der Waals surface area contributed by atoms with Crippen molar-refractivity contribution in [3.8, 4) is 16.9 Å². The van der Waals surface area contributed by atoms with Gasteiger partial charge in [-0.3, -0.25) is 14.2 Å². The number of halogens is 2. The molecule has 1 saturated heterocycles. The van der Waals surface area contributed by atoms with Crippen molar-refractivity contribution in [1.29, 1.82) is 0 Å². The smallest absolute Gasteiger partial charge is 0.260 e. The summed E-state index contributed by atoms with van der Waals surface area (Å²) in [6.07, 6.45) is 3.80. The van der Waals surface area contributed by atoms with Crippen LogP contribution in [0.25, 0.3) is 22.2 Å². The van der Waals surface area contributed by atoms with Crippen molar-refractivity contribution in [3.05, 3.63) is 57.4 Å². The van der Waals surface area contributed by atoms with Crippen LogP contribution in [-0.4, -0.2) is 104 Å². The van der Waals surface area contributed by atoms with Crippen LogP contribution in [0.3, 0.4) is 0 Å². The third-order valence-corrected chi connectivity index (χ3v) is 7.89. The Hall–Kier alpha value is -3.22. The topological polar surface area (TPSA) is 111 Å². The van der Waals surface area contributed by atoms with Crippen LogP contribution >= 0.6 is 23.2 Å². The number of nitrogens with one attached hydrogen (secondary N) is 1. The number of carbonyl (C=O) groups is 1. The number of hydrogen-bond acceptors (Lipinski definition) is 9. The first-order valence-corrected chi connectivity index (χ1v) is 17.3. The second-order valence-corrected chi connectivity index (χ2v) is 10.9. The van der Waals surface area contributed by atoms with Crippen LogP contribution in [0, 0.1) is 0 Å². The molecule has 0 radical (unpaired) electrons. The van der Waals surface area contributed by atoms with Gasteiger partial charge in [0.25, 0.3) is 5.56 Å². The van der Waals surface area contributed by atoms with Crippen LogP contribution in [0.5, 0.6) is 5.75 Å². The molecule has 4 rings (SSSR count). The number of hydrogen-bond donors (Lipinski definition) is 1. The van der Waals surface area contributed by atoms with Crippen LogP contribution in [0.4, 0.5) is 5.95 Å². The van der Waals surface area contributed by atoms with E-state index in [-0.39, 0.29) is 35.7 Å². The van der Waals surface area contributed by atoms with E-state index in [2.05, 4.69) is 40.4 Å². The Morgan fingerprint density at radius 2 is 1.77 bits per heavy atom. The predicted molar refractivity (Wildman–Crippen MR) is 199 cm³/mol. The minimum Gasteiger partial charge on any atom is -0.495 e. The van der Waals surface area contributed by atoms with Gasteiger partial charge in [-0.2, -0.15) is 4.98 Å². The molecular weight excluding hydrogens is 655 g/mol. The molecule has 13 heteroatoms. The molecule has 3 heterocycles. The van der Waals surface area contributed by atoms with Gasteiger partial charge >= 0.3 is 0 Å². The average molecular weight is 710 g/mol. The monoisotopic (exact) mass is 708 g/mol. The number of nitrogens with zero attached hydrogens (tertiary/aromatic N) is 5. The molecule has 1 fully saturated rings. The number of benzene rings is 1. The maximum atomic E-state index is 13.9. The highest BCUT2D eigenvalue weighted by Gasteiger charge is 2.30. The van der Waals surface area contributed by atoms with Gasteiger partial charge in [-0.1, -0.05) is 71.3 Å². The summed E-state index contributed by atoms with van der Waals surface area (Å²) in [5, 5.41) is 4.49. The van der Waals surface area contributed by atoms with E-state index in [0.717, 1.165) is 26.1 Å². The number of fused-ring (bicyclic) bond motifs is 1. The molecule has 268 valence electrons. The third-order valence-electron chi connectivity index (χ3n) is 7.20. The van der Waals surface area contributed by atoms with Gasteiger partial charge in [-0.15, -0.1) is 0 Å². The molecule has 0 saturated carbocycles. The largest absolute Gasteiger partial charge is 0.495 e. The number of methoxy groups -OCH3 is 2. The van der Waals surface area contributed by atoms with Crippen LogP contribution in [0.2, 0.25) is 10.0 Å². The van der Waals surface area contributed by atoms with E-state index in [1.807, 2.05) is 27.7 Å². The second kappa shape index (κ2) is 23.2. The van der Waals surface area contributed by atoms with Crippen molar-refractivity contribution in [1.82, 2.24) is 24.3 Å². The molecule has 0 unspecified atom stereocenters. The minimum atomic E-state index is -0.318. The minimum absolute atomic E-state index is 0.107. The molecule has 1 aromatic carbocycles. The van der Waals surface area contributed by atoms with Crippen molar-refractivity contribution in [2.24, 2.45) is 0 Å². The number of pyridine rings is 1. The van der Waals surface area contributed by atoms with Crippen LogP contribution in [0.1, 0.15) is 48.0 Å². The Balaban J connectivity index is 0.00000153. The summed E-state index contributed by atoms with van der Waals surface area (Å²) >= 11 is 13.2. The molecule has 1 N–H and O–H groups in total. The highest BCUT2D eigenvalue weighted by atomic mass is 35.5. The van der Waals surface area contributed by atoms with Gasteiger partial charge in [0.2, 0.25) is 11.9 Å². The second-order valence-electron chi connectivity index (χ2n) is 10.1. The Bertz CT molecular complexity index is 1480. The first kappa shape index (κ1) is 42.8. The molecule has 3 aromatic rings. The summed E-state index contributed by atoms with van der Waals surface area (Å²) in [6, 6.07) is 5.01. The lowest BCUT2D eigenvalue weighted by Crippen LogP contribution is -2.54. The van der Waals surface area contributed by atoms with E-state index >= 15 is 0 Å². The van der Waals surface area contributed by atoms with Gasteiger partial charge in [0, 0.05) is 51.0 Å². The summed E-state index contributed by atoms with van der Waals surface area (Å²) in [5.74, 6) is 0.721. The number of rotatable bonds is 14. The fourth-order valence-corrected chi connectivity index (χ4v) is 5.43. The Morgan fingerprint density at radius 1 is 1.12 bits per heavy atom. The number of aromatic nitrogens is 3. The Labute approximate surface area is 296 Å². The Morgan fingerprint density at radius 3 is 2.35 bits per heavy atom. The van der Waals surface area contributed by atoms with Crippen molar-refractivity contribution < 1.29 is 19.0 Å². The maximum Gasteiger partial charge on any atom is 0.260 e. The summed E-state index contributed by atoms with van der Waals surface area (Å²) < 4.78 is 17.1. The third kappa shape index (κ3) is 11.7. The van der Waals surface area contributed by atoms with E-state index in [0.29, 0.717) is 58.5 Å². The molecule has 11 nitrogen and oxygen atoms in total. The number of likely N-dealkylation sites (tertiary alicyclic amines) is 1. The van der Waals surface area contributed by atoms with Gasteiger partial charge in [0.1, 0.15) is 11.4 Å². The molecule has 48 heavy (non-hydrogen) atoms. The van der Waals surface area contributed by atoms with Gasteiger partial charge < -0.3 is 29.3 Å². The summed E-state index contributed by atoms with van der Waals surface area (Å²) in [4.78, 5) is 38.9. The molecule has 1 aliphatic rings. The summed E-state index contributed by atoms with van der Waals surface area (Å²) in [6.45, 7) is 20.9. The van der Waals surface area contributed by atoms with E-state index in [1.165, 1.54) is 13.2 Å². The molecule has 0 spiro atoms. The van der Waals surface area contributed by atoms with E-state index in [4.69, 9.17) is 37.7 Å². The molecule has 0 bridgehead atoms. The van der Waals surface area contributed by atoms with Crippen molar-refractivity contribution in [2.45, 2.75) is 60.6 Å². The molecule has 0 aliphatic carbocycles. The van der Waals surface area contributed by atoms with Crippen LogP contribution in [0.15, 0.2) is 41.8 Å². The van der Waals surface area contributed by atoms with Gasteiger partial charge in [0.05, 0.1) is 42.0 Å². The Kier molecular flexibility index (Phi) is 20.7. The first-order chi connectivity index (χ1) is 23.2. The van der Waals surface area contributed by atoms with Crippen molar-refractivity contribution in [2.75, 3.05) is 72.5 Å². The zero-order chi connectivity index (χ0) is 36.2. The summed E-state index contributed by atoms with van der Waals surface area (Å²) in [7, 11) is 4.75. The molecule has 2 aromatic heterocycles. The average Bonchev–Trinajstić information content (AvgIpc) is 3.09. The molecule has 0 atom stereocenters. The molecule has 1 amide bonds. The molecular formula is C35H54Cl2N6O5.